The molecule has 0 spiro atoms. The van der Waals surface area contributed by atoms with Gasteiger partial charge in [0.25, 0.3) is 5.91 Å². The van der Waals surface area contributed by atoms with E-state index in [1.165, 1.54) is 23.3 Å². The largest absolute Gasteiger partial charge is 0.433 e. The van der Waals surface area contributed by atoms with Crippen molar-refractivity contribution in [1.29, 1.82) is 0 Å². The first-order chi connectivity index (χ1) is 10.5. The lowest BCUT2D eigenvalue weighted by Crippen LogP contribution is -2.54. The number of nitro groups is 1. The Morgan fingerprint density at radius 3 is 2.73 bits per heavy atom. The maximum Gasteiger partial charge on any atom is 0.433 e. The number of likely N-dealkylation sites (tertiary alicyclic amines) is 1. The molecule has 0 aromatic carbocycles. The van der Waals surface area contributed by atoms with Crippen LogP contribution in [0.2, 0.25) is 0 Å². The number of nitrogens with zero attached hydrogens (tertiary/aromatic N) is 3. The minimum atomic E-state index is -0.721. The third-order valence-electron chi connectivity index (χ3n) is 3.21. The highest BCUT2D eigenvalue weighted by Crippen LogP contribution is 2.23. The molecule has 1 aliphatic rings. The molecular weight excluding hydrogens is 296 g/mol. The van der Waals surface area contributed by atoms with Gasteiger partial charge in [-0.3, -0.25) is 19.7 Å². The third-order valence-corrected chi connectivity index (χ3v) is 3.21. The van der Waals surface area contributed by atoms with Crippen molar-refractivity contribution in [1.82, 2.24) is 10.1 Å². The Kier molecular flexibility index (Phi) is 3.33. The highest BCUT2D eigenvalue weighted by Gasteiger charge is 2.37. The molecule has 10 heteroatoms. The van der Waals surface area contributed by atoms with Crippen LogP contribution in [0.25, 0.3) is 0 Å². The van der Waals surface area contributed by atoms with Gasteiger partial charge >= 0.3 is 5.88 Å². The van der Waals surface area contributed by atoms with E-state index in [0.717, 1.165) is 6.07 Å². The SMILES string of the molecule is O=C(Nc1ccon1)C1CN(C(=O)c2ccc([N+](=O)[O-])o2)C1. The molecule has 0 radical (unpaired) electrons. The molecule has 1 N–H and O–H groups in total. The van der Waals surface area contributed by atoms with Gasteiger partial charge in [-0.1, -0.05) is 5.16 Å². The summed E-state index contributed by atoms with van der Waals surface area (Å²) in [5.41, 5.74) is 0. The molecule has 0 bridgehead atoms. The first-order valence-electron chi connectivity index (χ1n) is 6.29. The molecule has 10 nitrogen and oxygen atoms in total. The molecule has 1 aliphatic heterocycles. The summed E-state index contributed by atoms with van der Waals surface area (Å²) in [4.78, 5) is 35.0. The van der Waals surface area contributed by atoms with E-state index < -0.39 is 16.7 Å². The Morgan fingerprint density at radius 1 is 1.36 bits per heavy atom. The molecule has 2 aromatic rings. The third kappa shape index (κ3) is 2.53. The minimum Gasteiger partial charge on any atom is -0.395 e. The number of nitrogens with one attached hydrogen (secondary N) is 1. The van der Waals surface area contributed by atoms with E-state index in [2.05, 4.69) is 15.0 Å². The van der Waals surface area contributed by atoms with Crippen LogP contribution in [0.4, 0.5) is 11.7 Å². The van der Waals surface area contributed by atoms with Gasteiger partial charge in [0.15, 0.2) is 11.6 Å². The molecule has 3 heterocycles. The Bertz CT molecular complexity index is 716. The molecule has 3 rings (SSSR count). The molecule has 1 saturated heterocycles. The molecule has 0 saturated carbocycles. The number of amides is 2. The van der Waals surface area contributed by atoms with Crippen molar-refractivity contribution in [2.75, 3.05) is 18.4 Å². The average Bonchev–Trinajstić information content (AvgIpc) is 3.07. The number of hydrogen-bond donors (Lipinski definition) is 1. The van der Waals surface area contributed by atoms with Gasteiger partial charge in [-0.05, 0) is 6.07 Å². The van der Waals surface area contributed by atoms with Crippen LogP contribution in [0, 0.1) is 16.0 Å². The highest BCUT2D eigenvalue weighted by atomic mass is 16.6. The lowest BCUT2D eigenvalue weighted by atomic mass is 9.99. The van der Waals surface area contributed by atoms with E-state index in [-0.39, 0.29) is 30.7 Å². The van der Waals surface area contributed by atoms with Gasteiger partial charge in [0.1, 0.15) is 11.2 Å². The highest BCUT2D eigenvalue weighted by molar-refractivity contribution is 5.97. The molecule has 1 fully saturated rings. The predicted octanol–water partition coefficient (Wildman–Crippen LogP) is 0.886. The lowest BCUT2D eigenvalue weighted by molar-refractivity contribution is -0.402. The van der Waals surface area contributed by atoms with Crippen LogP contribution in [0.15, 0.2) is 33.4 Å². The van der Waals surface area contributed by atoms with Gasteiger partial charge in [-0.2, -0.15) is 0 Å². The fourth-order valence-corrected chi connectivity index (χ4v) is 2.01. The molecule has 2 aromatic heterocycles. The topological polar surface area (TPSA) is 132 Å². The zero-order valence-corrected chi connectivity index (χ0v) is 11.1. The first-order valence-corrected chi connectivity index (χ1v) is 6.29. The van der Waals surface area contributed by atoms with E-state index in [9.17, 15) is 19.7 Å². The summed E-state index contributed by atoms with van der Waals surface area (Å²) >= 11 is 0. The van der Waals surface area contributed by atoms with Crippen LogP contribution in [-0.2, 0) is 4.79 Å². The van der Waals surface area contributed by atoms with Crippen molar-refractivity contribution in [2.24, 2.45) is 5.92 Å². The normalized spacial score (nSPS) is 14.5. The molecular formula is C12H10N4O6. The summed E-state index contributed by atoms with van der Waals surface area (Å²) in [7, 11) is 0. The van der Waals surface area contributed by atoms with Crippen LogP contribution in [0.3, 0.4) is 0 Å². The van der Waals surface area contributed by atoms with Crippen molar-refractivity contribution in [2.45, 2.75) is 0 Å². The maximum absolute atomic E-state index is 12.0. The van der Waals surface area contributed by atoms with Gasteiger partial charge in [0.05, 0.1) is 12.0 Å². The monoisotopic (exact) mass is 306 g/mol. The second-order valence-electron chi connectivity index (χ2n) is 4.68. The van der Waals surface area contributed by atoms with Crippen LogP contribution in [0.5, 0.6) is 0 Å². The van der Waals surface area contributed by atoms with E-state index in [0.29, 0.717) is 5.82 Å². The number of rotatable bonds is 4. The number of furan rings is 1. The maximum atomic E-state index is 12.0. The average molecular weight is 306 g/mol. The summed E-state index contributed by atoms with van der Waals surface area (Å²) in [6.07, 6.45) is 1.33. The Hall–Kier alpha value is -3.17. The standard InChI is InChI=1S/C12H10N4O6/c17-11(13-9-3-4-21-14-9)7-5-15(6-7)12(18)8-1-2-10(22-8)16(19)20/h1-4,7H,5-6H2,(H,13,14,17). The van der Waals surface area contributed by atoms with Crippen molar-refractivity contribution < 1.29 is 23.5 Å². The van der Waals surface area contributed by atoms with Crippen LogP contribution < -0.4 is 5.32 Å². The Balaban J connectivity index is 1.54. The summed E-state index contributed by atoms with van der Waals surface area (Å²) in [5.74, 6) is -1.45. The van der Waals surface area contributed by atoms with Crippen molar-refractivity contribution >= 4 is 23.5 Å². The molecule has 114 valence electrons. The van der Waals surface area contributed by atoms with Gasteiger partial charge in [0.2, 0.25) is 5.91 Å². The lowest BCUT2D eigenvalue weighted by Gasteiger charge is -2.37. The van der Waals surface area contributed by atoms with E-state index in [4.69, 9.17) is 4.42 Å². The quantitative estimate of drug-likeness (QED) is 0.655. The summed E-state index contributed by atoms with van der Waals surface area (Å²) < 4.78 is 9.42. The molecule has 0 aliphatic carbocycles. The van der Waals surface area contributed by atoms with Gasteiger partial charge in [0, 0.05) is 19.2 Å². The van der Waals surface area contributed by atoms with E-state index in [1.54, 1.807) is 0 Å². The number of anilines is 1. The second-order valence-corrected chi connectivity index (χ2v) is 4.68. The van der Waals surface area contributed by atoms with Crippen LogP contribution in [-0.4, -0.2) is 39.9 Å². The predicted molar refractivity (Wildman–Crippen MR) is 69.9 cm³/mol. The molecule has 2 amide bonds. The van der Waals surface area contributed by atoms with Crippen molar-refractivity contribution in [3.63, 3.8) is 0 Å². The smallest absolute Gasteiger partial charge is 0.395 e. The zero-order chi connectivity index (χ0) is 15.7. The number of aromatic nitrogens is 1. The summed E-state index contributed by atoms with van der Waals surface area (Å²) in [6.45, 7) is 0.411. The minimum absolute atomic E-state index is 0.123. The summed E-state index contributed by atoms with van der Waals surface area (Å²) in [5, 5.41) is 16.6. The van der Waals surface area contributed by atoms with Gasteiger partial charge in [-0.15, -0.1) is 0 Å². The van der Waals surface area contributed by atoms with E-state index in [1.807, 2.05) is 0 Å². The second kappa shape index (κ2) is 5.31. The number of carbonyl (C=O) groups excluding carboxylic acids is 2. The number of carbonyl (C=O) groups is 2. The van der Waals surface area contributed by atoms with Crippen molar-refractivity contribution in [3.05, 3.63) is 40.3 Å². The van der Waals surface area contributed by atoms with Gasteiger partial charge < -0.3 is 19.2 Å². The molecule has 22 heavy (non-hydrogen) atoms. The Morgan fingerprint density at radius 2 is 2.14 bits per heavy atom. The summed E-state index contributed by atoms with van der Waals surface area (Å²) in [6, 6.07) is 3.85. The van der Waals surface area contributed by atoms with E-state index >= 15 is 0 Å². The van der Waals surface area contributed by atoms with Crippen molar-refractivity contribution in [3.8, 4) is 0 Å². The number of hydrogen-bond acceptors (Lipinski definition) is 7. The van der Waals surface area contributed by atoms with Crippen LogP contribution >= 0.6 is 0 Å². The fraction of sp³-hybridized carbons (Fsp3) is 0.250. The first kappa shape index (κ1) is 13.8. The van der Waals surface area contributed by atoms with Crippen LogP contribution in [0.1, 0.15) is 10.6 Å². The molecule has 0 unspecified atom stereocenters. The zero-order valence-electron chi connectivity index (χ0n) is 11.1. The Labute approximate surface area is 122 Å². The molecule has 0 atom stereocenters. The fourth-order valence-electron chi connectivity index (χ4n) is 2.01. The van der Waals surface area contributed by atoms with Gasteiger partial charge in [-0.25, -0.2) is 0 Å².